The van der Waals surface area contributed by atoms with Gasteiger partial charge in [-0.05, 0) is 112 Å². The van der Waals surface area contributed by atoms with Crippen LogP contribution in [0.3, 0.4) is 0 Å². The Kier molecular flexibility index (Phi) is 9.29. The molecule has 5 nitrogen and oxygen atoms in total. The maximum Gasteiger partial charge on any atom is 0.311 e. The highest BCUT2D eigenvalue weighted by Gasteiger charge is 2.62. The number of fused-ring (bicyclic) bond motifs is 5. The summed E-state index contributed by atoms with van der Waals surface area (Å²) in [5.74, 6) is 1.99. The van der Waals surface area contributed by atoms with Crippen molar-refractivity contribution in [3.05, 3.63) is 11.6 Å². The summed E-state index contributed by atoms with van der Waals surface area (Å²) >= 11 is 0. The second kappa shape index (κ2) is 11.6. The minimum absolute atomic E-state index is 0.0240. The molecule has 0 aliphatic heterocycles. The highest BCUT2D eigenvalue weighted by Crippen LogP contribution is 2.67. The van der Waals surface area contributed by atoms with Crippen molar-refractivity contribution in [3.63, 3.8) is 0 Å². The number of hydrogen-bond acceptors (Lipinski definition) is 5. The Morgan fingerprint density at radius 1 is 1.12 bits per heavy atom. The van der Waals surface area contributed by atoms with Crippen LogP contribution in [0.15, 0.2) is 11.6 Å². The van der Waals surface area contributed by atoms with Crippen LogP contribution in [0.1, 0.15) is 113 Å². The van der Waals surface area contributed by atoms with E-state index in [1.807, 2.05) is 27.7 Å². The van der Waals surface area contributed by atoms with E-state index in [1.54, 1.807) is 0 Å². The number of carbonyl (C=O) groups excluding carboxylic acids is 1. The lowest BCUT2D eigenvalue weighted by Crippen LogP contribution is -2.51. The van der Waals surface area contributed by atoms with E-state index in [0.717, 1.165) is 64.0 Å². The molecular formula is C33H55FO5S. The highest BCUT2D eigenvalue weighted by atomic mass is 32.2. The second-order valence-corrected chi connectivity index (χ2v) is 17.2. The quantitative estimate of drug-likeness (QED) is 0.157. The van der Waals surface area contributed by atoms with Crippen LogP contribution in [0, 0.1) is 51.8 Å². The molecule has 4 aliphatic rings. The summed E-state index contributed by atoms with van der Waals surface area (Å²) in [6, 6.07) is 0. The first kappa shape index (κ1) is 32.0. The molecule has 0 aromatic carbocycles. The van der Waals surface area contributed by atoms with Gasteiger partial charge in [0.2, 0.25) is 0 Å². The molecule has 0 bridgehead atoms. The van der Waals surface area contributed by atoms with Crippen LogP contribution in [0.25, 0.3) is 0 Å². The Balaban J connectivity index is 1.39. The fourth-order valence-electron chi connectivity index (χ4n) is 9.36. The van der Waals surface area contributed by atoms with E-state index in [4.69, 9.17) is 8.92 Å². The van der Waals surface area contributed by atoms with Gasteiger partial charge in [-0.1, -0.05) is 52.2 Å². The average molecular weight is 583 g/mol. The van der Waals surface area contributed by atoms with Gasteiger partial charge in [-0.3, -0.25) is 8.98 Å². The summed E-state index contributed by atoms with van der Waals surface area (Å²) in [6.45, 7) is 15.1. The number of ether oxygens (including phenoxy) is 1. The molecule has 3 fully saturated rings. The van der Waals surface area contributed by atoms with Gasteiger partial charge >= 0.3 is 5.97 Å². The van der Waals surface area contributed by atoms with Crippen molar-refractivity contribution in [2.24, 2.45) is 51.8 Å². The molecule has 0 radical (unpaired) electrons. The summed E-state index contributed by atoms with van der Waals surface area (Å²) in [5, 5.41) is 0. The maximum absolute atomic E-state index is 15.9. The van der Waals surface area contributed by atoms with Crippen LogP contribution in [0.4, 0.5) is 4.39 Å². The second-order valence-electron chi connectivity index (χ2n) is 15.6. The first-order chi connectivity index (χ1) is 18.5. The Labute approximate surface area is 243 Å². The van der Waals surface area contributed by atoms with E-state index in [1.165, 1.54) is 5.57 Å². The van der Waals surface area contributed by atoms with E-state index in [0.29, 0.717) is 30.1 Å². The third-order valence-electron chi connectivity index (χ3n) is 11.5. The van der Waals surface area contributed by atoms with Crippen LogP contribution >= 0.6 is 0 Å². The number of carbonyl (C=O) groups is 1. The van der Waals surface area contributed by atoms with Crippen LogP contribution in [0.2, 0.25) is 0 Å². The number of rotatable bonds is 9. The van der Waals surface area contributed by atoms with Gasteiger partial charge in [0.15, 0.2) is 0 Å². The minimum atomic E-state index is -3.41. The van der Waals surface area contributed by atoms with Gasteiger partial charge in [0.1, 0.15) is 12.3 Å². The lowest BCUT2D eigenvalue weighted by molar-refractivity contribution is -0.161. The fraction of sp³-hybridized carbons (Fsp3) is 0.909. The highest BCUT2D eigenvalue weighted by molar-refractivity contribution is 7.85. The number of alkyl halides is 1. The third kappa shape index (κ3) is 6.50. The lowest BCUT2D eigenvalue weighted by atomic mass is 9.47. The van der Waals surface area contributed by atoms with E-state index in [9.17, 15) is 13.2 Å². The molecule has 0 N–H and O–H groups in total. The number of esters is 1. The van der Waals surface area contributed by atoms with Gasteiger partial charge in [-0.15, -0.1) is 0 Å². The van der Waals surface area contributed by atoms with Crippen molar-refractivity contribution >= 4 is 16.1 Å². The van der Waals surface area contributed by atoms with E-state index in [2.05, 4.69) is 26.8 Å². The Morgan fingerprint density at radius 3 is 2.48 bits per heavy atom. The van der Waals surface area contributed by atoms with Gasteiger partial charge in [-0.2, -0.15) is 8.42 Å². The van der Waals surface area contributed by atoms with Crippen molar-refractivity contribution in [3.8, 4) is 0 Å². The van der Waals surface area contributed by atoms with Crippen molar-refractivity contribution < 1.29 is 26.5 Å². The molecule has 0 aromatic heterocycles. The smallest absolute Gasteiger partial charge is 0.311 e. The van der Waals surface area contributed by atoms with Gasteiger partial charge in [0.05, 0.1) is 18.3 Å². The standard InChI is InChI=1S/C33H55FO5S/c1-21(20-38-40(8,36)37)10-9-11-22(2)29-28(34)19-27-25-13-12-23-18-24(39-30(35)31(3,4)5)14-16-32(23,6)26(25)15-17-33(27,29)7/h12,21-22,24-29H,9-11,13-20H2,1-8H3/t21-,22-,24?,25?,26?,27?,28?,29?,32?,33?/m1/s1. The summed E-state index contributed by atoms with van der Waals surface area (Å²) in [7, 11) is -3.41. The molecule has 4 rings (SSSR count). The zero-order valence-corrected chi connectivity index (χ0v) is 27.1. The molecule has 0 spiro atoms. The maximum atomic E-state index is 15.9. The van der Waals surface area contributed by atoms with Crippen molar-refractivity contribution in [1.29, 1.82) is 0 Å². The third-order valence-corrected chi connectivity index (χ3v) is 12.1. The van der Waals surface area contributed by atoms with E-state index < -0.39 is 21.7 Å². The first-order valence-electron chi connectivity index (χ1n) is 15.8. The van der Waals surface area contributed by atoms with Gasteiger partial charge in [-0.25, -0.2) is 4.39 Å². The van der Waals surface area contributed by atoms with Crippen LogP contribution in [0.5, 0.6) is 0 Å². The summed E-state index contributed by atoms with van der Waals surface area (Å²) < 4.78 is 49.4. The van der Waals surface area contributed by atoms with Crippen molar-refractivity contribution in [2.75, 3.05) is 12.9 Å². The Hall–Kier alpha value is -0.950. The van der Waals surface area contributed by atoms with Crippen molar-refractivity contribution in [2.45, 2.75) is 125 Å². The van der Waals surface area contributed by atoms with Gasteiger partial charge in [0, 0.05) is 6.42 Å². The Bertz CT molecular complexity index is 1060. The van der Waals surface area contributed by atoms with Crippen molar-refractivity contribution in [1.82, 2.24) is 0 Å². The largest absolute Gasteiger partial charge is 0.462 e. The van der Waals surface area contributed by atoms with E-state index >= 15 is 4.39 Å². The van der Waals surface area contributed by atoms with Gasteiger partial charge < -0.3 is 4.74 Å². The van der Waals surface area contributed by atoms with Gasteiger partial charge in [0.25, 0.3) is 10.1 Å². The SMILES string of the molecule is C[C@H](CCC[C@@H](C)C1C(F)CC2C3CC=C4CC(OC(=O)C(C)(C)C)CCC4(C)C3CCC21C)COS(C)(=O)=O. The monoisotopic (exact) mass is 582 g/mol. The summed E-state index contributed by atoms with van der Waals surface area (Å²) in [6.07, 6.45) is 12.4. The van der Waals surface area contributed by atoms with Crippen LogP contribution < -0.4 is 0 Å². The topological polar surface area (TPSA) is 69.7 Å². The summed E-state index contributed by atoms with van der Waals surface area (Å²) in [5.41, 5.74) is 1.16. The van der Waals surface area contributed by atoms with Crippen LogP contribution in [-0.4, -0.2) is 39.5 Å². The number of allylic oxidation sites excluding steroid dienone is 1. The molecule has 3 saturated carbocycles. The first-order valence-corrected chi connectivity index (χ1v) is 17.7. The normalized spacial score (nSPS) is 39.4. The zero-order chi connectivity index (χ0) is 29.7. The molecule has 230 valence electrons. The fourth-order valence-corrected chi connectivity index (χ4v) is 9.84. The molecule has 8 unspecified atom stereocenters. The molecular weight excluding hydrogens is 527 g/mol. The molecule has 40 heavy (non-hydrogen) atoms. The minimum Gasteiger partial charge on any atom is -0.462 e. The Morgan fingerprint density at radius 2 is 1.82 bits per heavy atom. The molecule has 0 saturated heterocycles. The molecule has 0 heterocycles. The number of halogens is 1. The lowest BCUT2D eigenvalue weighted by Gasteiger charge is -2.58. The average Bonchev–Trinajstić information content (AvgIpc) is 3.11. The summed E-state index contributed by atoms with van der Waals surface area (Å²) in [4.78, 5) is 12.5. The van der Waals surface area contributed by atoms with Crippen LogP contribution in [-0.2, 0) is 23.8 Å². The molecule has 7 heteroatoms. The molecule has 0 amide bonds. The van der Waals surface area contributed by atoms with E-state index in [-0.39, 0.29) is 41.3 Å². The molecule has 4 aliphatic carbocycles. The molecule has 10 atom stereocenters. The molecule has 0 aromatic rings. The predicted molar refractivity (Wildman–Crippen MR) is 158 cm³/mol. The predicted octanol–water partition coefficient (Wildman–Crippen LogP) is 7.89. The zero-order valence-electron chi connectivity index (χ0n) is 26.3. The number of hydrogen-bond donors (Lipinski definition) is 0.